The molecule has 0 aromatic heterocycles. The van der Waals surface area contributed by atoms with Gasteiger partial charge in [0.15, 0.2) is 0 Å². The van der Waals surface area contributed by atoms with Crippen LogP contribution in [-0.4, -0.2) is 81.1 Å². The summed E-state index contributed by atoms with van der Waals surface area (Å²) in [7, 11) is 3.43. The van der Waals surface area contributed by atoms with E-state index in [1.807, 2.05) is 7.11 Å². The predicted octanol–water partition coefficient (Wildman–Crippen LogP) is 4.36. The number of ether oxygens (including phenoxy) is 3. The molecule has 0 radical (unpaired) electrons. The highest BCUT2D eigenvalue weighted by atomic mass is 19.1. The quantitative estimate of drug-likeness (QED) is 0.436. The Balaban J connectivity index is 1.37. The van der Waals surface area contributed by atoms with E-state index in [1.54, 1.807) is 37.1 Å². The molecule has 9 heteroatoms. The second-order valence-electron chi connectivity index (χ2n) is 11.8. The average molecular weight is 532 g/mol. The Hall–Kier alpha value is -2.23. The summed E-state index contributed by atoms with van der Waals surface area (Å²) in [5.74, 6) is 1.66. The minimum absolute atomic E-state index is 0.0345. The highest BCUT2D eigenvalue weighted by Crippen LogP contribution is 2.62. The number of likely N-dealkylation sites (tertiary alicyclic amines) is 2. The maximum Gasteiger partial charge on any atom is 0.321 e. The predicted molar refractivity (Wildman–Crippen MR) is 141 cm³/mol. The van der Waals surface area contributed by atoms with E-state index >= 15 is 0 Å². The molecule has 0 bridgehead atoms. The Kier molecular flexibility index (Phi) is 8.26. The van der Waals surface area contributed by atoms with E-state index in [1.165, 1.54) is 6.07 Å². The van der Waals surface area contributed by atoms with Crippen molar-refractivity contribution in [2.75, 3.05) is 52.6 Å². The van der Waals surface area contributed by atoms with Crippen LogP contribution >= 0.6 is 0 Å². The van der Waals surface area contributed by atoms with Gasteiger partial charge >= 0.3 is 6.03 Å². The lowest BCUT2D eigenvalue weighted by molar-refractivity contribution is -0.156. The van der Waals surface area contributed by atoms with E-state index in [0.717, 1.165) is 38.5 Å². The number of carbonyl (C=O) groups is 2. The molecule has 3 amide bonds. The zero-order valence-electron chi connectivity index (χ0n) is 22.9. The summed E-state index contributed by atoms with van der Waals surface area (Å²) in [5, 5.41) is 2.74. The minimum atomic E-state index is -0.438. The van der Waals surface area contributed by atoms with E-state index < -0.39 is 5.82 Å². The Morgan fingerprint density at radius 1 is 1.11 bits per heavy atom. The van der Waals surface area contributed by atoms with Gasteiger partial charge in [0.05, 0.1) is 24.4 Å². The molecule has 1 aromatic rings. The monoisotopic (exact) mass is 531 g/mol. The Bertz CT molecular complexity index is 1000. The van der Waals surface area contributed by atoms with Gasteiger partial charge < -0.3 is 29.3 Å². The molecule has 8 nitrogen and oxygen atoms in total. The molecule has 2 saturated heterocycles. The Morgan fingerprint density at radius 3 is 2.55 bits per heavy atom. The van der Waals surface area contributed by atoms with Gasteiger partial charge in [0, 0.05) is 40.8 Å². The van der Waals surface area contributed by atoms with Crippen molar-refractivity contribution in [2.24, 2.45) is 29.1 Å². The number of anilines is 1. The summed E-state index contributed by atoms with van der Waals surface area (Å²) in [6, 6.07) is 6.02. The molecular weight excluding hydrogens is 489 g/mol. The first-order valence-corrected chi connectivity index (χ1v) is 14.0. The van der Waals surface area contributed by atoms with Crippen LogP contribution in [0.15, 0.2) is 24.3 Å². The Labute approximate surface area is 225 Å². The topological polar surface area (TPSA) is 80.3 Å². The van der Waals surface area contributed by atoms with Crippen LogP contribution in [0.25, 0.3) is 0 Å². The smallest absolute Gasteiger partial charge is 0.321 e. The molecule has 1 aromatic carbocycles. The lowest BCUT2D eigenvalue weighted by atomic mass is 9.57. The van der Waals surface area contributed by atoms with Crippen LogP contribution in [-0.2, 0) is 19.0 Å². The Morgan fingerprint density at radius 2 is 1.87 bits per heavy atom. The van der Waals surface area contributed by atoms with Gasteiger partial charge in [-0.1, -0.05) is 12.1 Å². The normalized spacial score (nSPS) is 32.1. The summed E-state index contributed by atoms with van der Waals surface area (Å²) < 4.78 is 30.9. The fourth-order valence-corrected chi connectivity index (χ4v) is 8.33. The number of hydrogen-bond donors (Lipinski definition) is 1. The zero-order chi connectivity index (χ0) is 26.9. The summed E-state index contributed by atoms with van der Waals surface area (Å²) >= 11 is 0. The second kappa shape index (κ2) is 11.5. The first-order chi connectivity index (χ1) is 18.4. The van der Waals surface area contributed by atoms with Gasteiger partial charge in [-0.25, -0.2) is 9.18 Å². The van der Waals surface area contributed by atoms with Crippen molar-refractivity contribution in [3.8, 4) is 0 Å². The summed E-state index contributed by atoms with van der Waals surface area (Å²) in [5.41, 5.74) is 0.160. The second-order valence-corrected chi connectivity index (χ2v) is 11.8. The van der Waals surface area contributed by atoms with Crippen molar-refractivity contribution in [3.05, 3.63) is 30.1 Å². The number of amides is 3. The minimum Gasteiger partial charge on any atom is -0.381 e. The fraction of sp³-hybridized carbons (Fsp3) is 0.724. The lowest BCUT2D eigenvalue weighted by Crippen LogP contribution is -2.63. The number of methoxy groups -OCH3 is 2. The van der Waals surface area contributed by atoms with Gasteiger partial charge in [-0.05, 0) is 79.7 Å². The molecule has 210 valence electrons. The van der Waals surface area contributed by atoms with Crippen LogP contribution in [0.5, 0.6) is 0 Å². The highest BCUT2D eigenvalue weighted by molar-refractivity contribution is 5.89. The van der Waals surface area contributed by atoms with Gasteiger partial charge in [-0.2, -0.15) is 0 Å². The molecule has 4 aliphatic rings. The van der Waals surface area contributed by atoms with Gasteiger partial charge in [0.2, 0.25) is 5.91 Å². The van der Waals surface area contributed by atoms with Crippen molar-refractivity contribution >= 4 is 17.6 Å². The average Bonchev–Trinajstić information content (AvgIpc) is 3.31. The molecule has 5 unspecified atom stereocenters. The van der Waals surface area contributed by atoms with Gasteiger partial charge in [0.1, 0.15) is 12.6 Å². The number of rotatable bonds is 6. The van der Waals surface area contributed by atoms with Crippen molar-refractivity contribution in [1.29, 1.82) is 0 Å². The molecule has 1 N–H and O–H groups in total. The number of hydrogen-bond acceptors (Lipinski definition) is 5. The molecular formula is C29H42FN3O5. The third kappa shape index (κ3) is 5.17. The maximum absolute atomic E-state index is 14.1. The number of piperidine rings is 2. The summed E-state index contributed by atoms with van der Waals surface area (Å²) in [6.07, 6.45) is 6.37. The van der Waals surface area contributed by atoms with Crippen LogP contribution in [0.4, 0.5) is 14.9 Å². The van der Waals surface area contributed by atoms with Crippen LogP contribution in [0, 0.1) is 34.9 Å². The van der Waals surface area contributed by atoms with Crippen LogP contribution < -0.4 is 5.32 Å². The number of urea groups is 1. The largest absolute Gasteiger partial charge is 0.381 e. The molecule has 2 heterocycles. The number of para-hydroxylation sites is 1. The van der Waals surface area contributed by atoms with Gasteiger partial charge in [-0.15, -0.1) is 0 Å². The first-order valence-electron chi connectivity index (χ1n) is 14.0. The molecule has 1 spiro atoms. The number of fused-ring (bicyclic) bond motifs is 4. The standard InChI is InChI=1S/C29H42FN3O5/c1-19(34)33-17-29(10-12-32(13-11-29)28(35)31-25-7-5-4-6-24(25)30)27-22-9-8-21(37-3)14-20(22)15-23(27)26(33)16-38-18-36-2/h4-7,20-23,26-27H,8-18H2,1-3H3,(H,31,35)/t20?,21?,22?,23?,26-,27?/m0/s1. The van der Waals surface area contributed by atoms with Crippen LogP contribution in [0.3, 0.4) is 0 Å². The molecule has 5 rings (SSSR count). The molecule has 2 aliphatic heterocycles. The molecule has 2 aliphatic carbocycles. The van der Waals surface area contributed by atoms with Crippen LogP contribution in [0.2, 0.25) is 0 Å². The third-order valence-electron chi connectivity index (χ3n) is 9.97. The molecule has 2 saturated carbocycles. The molecule has 38 heavy (non-hydrogen) atoms. The molecule has 4 fully saturated rings. The SMILES string of the molecule is COCOC[C@H]1C2CC3CC(OC)CCC3C2C2(CCN(C(=O)Nc3ccccc3F)CC2)CN1C(C)=O. The van der Waals surface area contributed by atoms with Gasteiger partial charge in [0.25, 0.3) is 0 Å². The van der Waals surface area contributed by atoms with E-state index in [2.05, 4.69) is 10.2 Å². The van der Waals surface area contributed by atoms with Crippen molar-refractivity contribution in [3.63, 3.8) is 0 Å². The number of benzene rings is 1. The van der Waals surface area contributed by atoms with E-state index in [0.29, 0.717) is 56.0 Å². The molecule has 6 atom stereocenters. The van der Waals surface area contributed by atoms with E-state index in [9.17, 15) is 14.0 Å². The van der Waals surface area contributed by atoms with Crippen molar-refractivity contribution in [2.45, 2.75) is 57.6 Å². The van der Waals surface area contributed by atoms with E-state index in [4.69, 9.17) is 14.2 Å². The zero-order valence-corrected chi connectivity index (χ0v) is 22.9. The summed E-state index contributed by atoms with van der Waals surface area (Å²) in [4.78, 5) is 29.9. The maximum atomic E-state index is 14.1. The van der Waals surface area contributed by atoms with Gasteiger partial charge in [-0.3, -0.25) is 4.79 Å². The summed E-state index contributed by atoms with van der Waals surface area (Å²) in [6.45, 7) is 4.25. The highest BCUT2D eigenvalue weighted by Gasteiger charge is 2.61. The number of nitrogens with one attached hydrogen (secondary N) is 1. The number of nitrogens with zero attached hydrogens (tertiary/aromatic N) is 2. The number of halogens is 1. The first kappa shape index (κ1) is 27.3. The van der Waals surface area contributed by atoms with Crippen molar-refractivity contribution < 1.29 is 28.2 Å². The fourth-order valence-electron chi connectivity index (χ4n) is 8.33. The van der Waals surface area contributed by atoms with E-state index in [-0.39, 0.29) is 35.9 Å². The third-order valence-corrected chi connectivity index (χ3v) is 9.97. The number of carbonyl (C=O) groups excluding carboxylic acids is 2. The van der Waals surface area contributed by atoms with Crippen LogP contribution in [0.1, 0.15) is 45.4 Å². The lowest BCUT2D eigenvalue weighted by Gasteiger charge is -2.58. The van der Waals surface area contributed by atoms with Crippen molar-refractivity contribution in [1.82, 2.24) is 9.80 Å².